The first kappa shape index (κ1) is 17.4. The van der Waals surface area contributed by atoms with E-state index in [1.54, 1.807) is 11.3 Å². The van der Waals surface area contributed by atoms with Crippen LogP contribution in [0.15, 0.2) is 22.7 Å². The molecule has 0 aliphatic heterocycles. The highest BCUT2D eigenvalue weighted by molar-refractivity contribution is 7.99. The summed E-state index contributed by atoms with van der Waals surface area (Å²) in [4.78, 5) is 25.3. The lowest BCUT2D eigenvalue weighted by Crippen LogP contribution is -2.07. The number of hydrogen-bond donors (Lipinski definition) is 2. The Balaban J connectivity index is 1.81. The predicted octanol–water partition coefficient (Wildman–Crippen LogP) is 2.79. The number of thioether (sulfide) groups is 1. The van der Waals surface area contributed by atoms with E-state index in [-0.39, 0.29) is 11.5 Å². The molecule has 0 bridgehead atoms. The van der Waals surface area contributed by atoms with Gasteiger partial charge in [0.15, 0.2) is 16.1 Å². The average molecular weight is 374 g/mol. The van der Waals surface area contributed by atoms with E-state index in [9.17, 15) is 4.79 Å². The highest BCUT2D eigenvalue weighted by Gasteiger charge is 2.18. The Hall–Kier alpha value is -2.39. The van der Waals surface area contributed by atoms with Crippen molar-refractivity contribution >= 4 is 40.5 Å². The molecule has 25 heavy (non-hydrogen) atoms. The Morgan fingerprint density at radius 2 is 1.84 bits per heavy atom. The number of ketones is 1. The molecule has 0 saturated carbocycles. The van der Waals surface area contributed by atoms with Gasteiger partial charge in [0, 0.05) is 28.4 Å². The summed E-state index contributed by atoms with van der Waals surface area (Å²) >= 11 is 2.78. The zero-order valence-corrected chi connectivity index (χ0v) is 15.7. The Bertz CT molecular complexity index is 926. The normalized spacial score (nSPS) is 11.0. The third-order valence-electron chi connectivity index (χ3n) is 3.61. The first-order valence-corrected chi connectivity index (χ1v) is 9.39. The number of anilines is 2. The number of carbonyl (C=O) groups excluding carboxylic acids is 1. The van der Waals surface area contributed by atoms with E-state index in [0.717, 1.165) is 22.2 Å². The molecular weight excluding hydrogens is 356 g/mol. The number of nitrogens with zero attached hydrogens (tertiary/aromatic N) is 4. The van der Waals surface area contributed by atoms with Crippen LogP contribution in [0, 0.1) is 20.8 Å². The van der Waals surface area contributed by atoms with Crippen LogP contribution in [0.4, 0.5) is 11.6 Å². The molecule has 3 aromatic heterocycles. The summed E-state index contributed by atoms with van der Waals surface area (Å²) in [6.07, 6.45) is 0. The van der Waals surface area contributed by atoms with Gasteiger partial charge in [0.25, 0.3) is 0 Å². The Kier molecular flexibility index (Phi) is 4.78. The lowest BCUT2D eigenvalue weighted by Gasteiger charge is -2.06. The van der Waals surface area contributed by atoms with E-state index in [2.05, 4.69) is 15.0 Å². The molecule has 0 aromatic carbocycles. The topological polar surface area (TPSA) is 113 Å². The minimum absolute atomic E-state index is 0.00206. The van der Waals surface area contributed by atoms with Gasteiger partial charge in [0.05, 0.1) is 11.4 Å². The maximum absolute atomic E-state index is 12.6. The Labute approximate surface area is 153 Å². The van der Waals surface area contributed by atoms with Gasteiger partial charge < -0.3 is 11.5 Å². The Morgan fingerprint density at radius 1 is 1.16 bits per heavy atom. The second kappa shape index (κ2) is 6.85. The number of nitrogens with two attached hydrogens (primary N) is 2. The number of rotatable bonds is 5. The molecule has 0 spiro atoms. The summed E-state index contributed by atoms with van der Waals surface area (Å²) in [6.45, 7) is 5.85. The molecule has 3 rings (SSSR count). The Morgan fingerprint density at radius 3 is 2.44 bits per heavy atom. The van der Waals surface area contributed by atoms with E-state index in [4.69, 9.17) is 11.5 Å². The monoisotopic (exact) mass is 374 g/mol. The van der Waals surface area contributed by atoms with Crippen molar-refractivity contribution < 1.29 is 4.79 Å². The third-order valence-corrected chi connectivity index (χ3v) is 5.40. The van der Waals surface area contributed by atoms with Crippen LogP contribution in [-0.4, -0.2) is 31.1 Å². The zero-order chi connectivity index (χ0) is 18.1. The fourth-order valence-electron chi connectivity index (χ4n) is 2.52. The van der Waals surface area contributed by atoms with E-state index in [1.807, 2.05) is 36.8 Å². The van der Waals surface area contributed by atoms with Crippen molar-refractivity contribution in [3.63, 3.8) is 0 Å². The molecule has 0 aliphatic carbocycles. The molecular formula is C16H18N6OS2. The van der Waals surface area contributed by atoms with Gasteiger partial charge in [-0.1, -0.05) is 11.8 Å². The second-order valence-corrected chi connectivity index (χ2v) is 7.38. The van der Waals surface area contributed by atoms with E-state index >= 15 is 0 Å². The average Bonchev–Trinajstić information content (AvgIpc) is 3.07. The van der Waals surface area contributed by atoms with Crippen LogP contribution in [0.25, 0.3) is 5.13 Å². The highest BCUT2D eigenvalue weighted by Crippen LogP contribution is 2.25. The largest absolute Gasteiger partial charge is 0.383 e. The summed E-state index contributed by atoms with van der Waals surface area (Å²) < 4.78 is 2.00. The van der Waals surface area contributed by atoms with Crippen molar-refractivity contribution in [3.05, 3.63) is 40.2 Å². The van der Waals surface area contributed by atoms with E-state index in [1.165, 1.54) is 17.8 Å². The molecule has 0 saturated heterocycles. The number of aromatic nitrogens is 4. The molecule has 0 atom stereocenters. The maximum atomic E-state index is 12.6. The number of aryl methyl sites for hydroxylation is 2. The summed E-state index contributed by atoms with van der Waals surface area (Å²) in [5.41, 5.74) is 14.8. The molecule has 3 aromatic rings. The first-order chi connectivity index (χ1) is 11.8. The van der Waals surface area contributed by atoms with Crippen molar-refractivity contribution in [2.75, 3.05) is 17.2 Å². The van der Waals surface area contributed by atoms with E-state index < -0.39 is 0 Å². The zero-order valence-electron chi connectivity index (χ0n) is 14.1. The van der Waals surface area contributed by atoms with E-state index in [0.29, 0.717) is 22.4 Å². The summed E-state index contributed by atoms with van der Waals surface area (Å²) in [5.74, 6) is 0.797. The van der Waals surface area contributed by atoms with Crippen molar-refractivity contribution in [3.8, 4) is 5.13 Å². The summed E-state index contributed by atoms with van der Waals surface area (Å²) in [6, 6.07) is 3.37. The number of hydrogen-bond acceptors (Lipinski definition) is 8. The SMILES string of the molecule is Cc1csc(-n2c(C)cc(C(=O)CSc3nc(N)cc(N)n3)c2C)n1. The number of Topliss-reactive ketones (excluding diaryl/α,β-unsaturated/α-hetero) is 1. The minimum atomic E-state index is 0.00206. The quantitative estimate of drug-likeness (QED) is 0.401. The molecule has 0 amide bonds. The fraction of sp³-hybridized carbons (Fsp3) is 0.250. The van der Waals surface area contributed by atoms with Crippen LogP contribution in [0.2, 0.25) is 0 Å². The fourth-order valence-corrected chi connectivity index (χ4v) is 4.19. The molecule has 4 N–H and O–H groups in total. The molecule has 130 valence electrons. The van der Waals surface area contributed by atoms with Gasteiger partial charge >= 0.3 is 0 Å². The lowest BCUT2D eigenvalue weighted by atomic mass is 10.2. The second-order valence-electron chi connectivity index (χ2n) is 5.60. The van der Waals surface area contributed by atoms with Crippen LogP contribution in [-0.2, 0) is 0 Å². The summed E-state index contributed by atoms with van der Waals surface area (Å²) in [7, 11) is 0. The predicted molar refractivity (Wildman–Crippen MR) is 102 cm³/mol. The molecule has 7 nitrogen and oxygen atoms in total. The van der Waals surface area contributed by atoms with Crippen molar-refractivity contribution in [2.24, 2.45) is 0 Å². The van der Waals surface area contributed by atoms with Crippen LogP contribution >= 0.6 is 23.1 Å². The van der Waals surface area contributed by atoms with Gasteiger partial charge in [0.1, 0.15) is 11.6 Å². The van der Waals surface area contributed by atoms with Crippen LogP contribution in [0.5, 0.6) is 0 Å². The number of thiazole rings is 1. The number of carbonyl (C=O) groups is 1. The van der Waals surface area contributed by atoms with Gasteiger partial charge in [-0.05, 0) is 26.8 Å². The minimum Gasteiger partial charge on any atom is -0.383 e. The van der Waals surface area contributed by atoms with Gasteiger partial charge in [-0.3, -0.25) is 9.36 Å². The van der Waals surface area contributed by atoms with Crippen molar-refractivity contribution in [1.82, 2.24) is 19.5 Å². The summed E-state index contributed by atoms with van der Waals surface area (Å²) in [5, 5.41) is 3.26. The molecule has 0 fully saturated rings. The maximum Gasteiger partial charge on any atom is 0.194 e. The van der Waals surface area contributed by atoms with Crippen molar-refractivity contribution in [2.45, 2.75) is 25.9 Å². The van der Waals surface area contributed by atoms with Gasteiger partial charge in [0.2, 0.25) is 0 Å². The third kappa shape index (κ3) is 3.67. The van der Waals surface area contributed by atoms with Crippen LogP contribution < -0.4 is 11.5 Å². The lowest BCUT2D eigenvalue weighted by molar-refractivity contribution is 0.102. The molecule has 0 unspecified atom stereocenters. The molecule has 3 heterocycles. The number of nitrogen functional groups attached to an aromatic ring is 2. The molecule has 9 heteroatoms. The first-order valence-electron chi connectivity index (χ1n) is 7.52. The molecule has 0 radical (unpaired) electrons. The van der Waals surface area contributed by atoms with Gasteiger partial charge in [-0.2, -0.15) is 0 Å². The standard InChI is InChI=1S/C16H18N6OS2/c1-8-6-25-16(19-8)22-9(2)4-11(10(22)3)12(23)7-24-15-20-13(17)5-14(18)21-15/h4-6H,7H2,1-3H3,(H4,17,18,20,21). The van der Waals surface area contributed by atoms with Crippen LogP contribution in [0.1, 0.15) is 27.4 Å². The van der Waals surface area contributed by atoms with Gasteiger partial charge in [-0.25, -0.2) is 15.0 Å². The smallest absolute Gasteiger partial charge is 0.194 e. The highest BCUT2D eigenvalue weighted by atomic mass is 32.2. The van der Waals surface area contributed by atoms with Crippen molar-refractivity contribution in [1.29, 1.82) is 0 Å². The van der Waals surface area contributed by atoms with Crippen LogP contribution in [0.3, 0.4) is 0 Å². The van der Waals surface area contributed by atoms with Gasteiger partial charge in [-0.15, -0.1) is 11.3 Å². The molecule has 0 aliphatic rings.